The molecule has 1 aliphatic heterocycles. The van der Waals surface area contributed by atoms with Crippen LogP contribution in [0.2, 0.25) is 0 Å². The molecule has 2 heterocycles. The molecule has 1 aliphatic rings. The van der Waals surface area contributed by atoms with Gasteiger partial charge < -0.3 is 10.0 Å². The average molecular weight is 230 g/mol. The van der Waals surface area contributed by atoms with E-state index in [2.05, 4.69) is 9.88 Å². The van der Waals surface area contributed by atoms with Crippen molar-refractivity contribution in [1.82, 2.24) is 4.98 Å². The number of aliphatic hydroxyl groups excluding tert-OH is 1. The van der Waals surface area contributed by atoms with E-state index in [0.29, 0.717) is 0 Å². The molecule has 2 rings (SSSR count). The molecular formula is C9H14N2OS2. The Labute approximate surface area is 92.2 Å². The number of hydrogen-bond acceptors (Lipinski definition) is 5. The predicted molar refractivity (Wildman–Crippen MR) is 62.3 cm³/mol. The van der Waals surface area contributed by atoms with Crippen molar-refractivity contribution in [3.8, 4) is 0 Å². The Morgan fingerprint density at radius 1 is 1.43 bits per heavy atom. The van der Waals surface area contributed by atoms with E-state index in [4.69, 9.17) is 5.11 Å². The number of nitrogens with zero attached hydrogens (tertiary/aromatic N) is 2. The van der Waals surface area contributed by atoms with Crippen LogP contribution >= 0.6 is 23.1 Å². The van der Waals surface area contributed by atoms with Gasteiger partial charge in [-0.05, 0) is 6.92 Å². The average Bonchev–Trinajstić information content (AvgIpc) is 2.61. The first kappa shape index (κ1) is 10.3. The summed E-state index contributed by atoms with van der Waals surface area (Å²) in [6.45, 7) is 4.25. The van der Waals surface area contributed by atoms with E-state index in [1.165, 1.54) is 11.5 Å². The maximum Gasteiger partial charge on any atom is 0.185 e. The summed E-state index contributed by atoms with van der Waals surface area (Å²) in [5.41, 5.74) is 0.978. The predicted octanol–water partition coefficient (Wildman–Crippen LogP) is 1.50. The third-order valence-corrected chi connectivity index (χ3v) is 4.45. The number of aromatic nitrogens is 1. The molecule has 0 amide bonds. The highest BCUT2D eigenvalue weighted by molar-refractivity contribution is 7.99. The number of rotatable bonds is 2. The third-order valence-electron chi connectivity index (χ3n) is 2.31. The second kappa shape index (κ2) is 4.51. The highest BCUT2D eigenvalue weighted by atomic mass is 32.2. The Balaban J connectivity index is 2.14. The van der Waals surface area contributed by atoms with Crippen LogP contribution in [0.3, 0.4) is 0 Å². The van der Waals surface area contributed by atoms with E-state index in [9.17, 15) is 0 Å². The number of aliphatic hydroxyl groups is 1. The van der Waals surface area contributed by atoms with Crippen molar-refractivity contribution in [2.45, 2.75) is 13.5 Å². The molecule has 5 heteroatoms. The first-order chi connectivity index (χ1) is 6.81. The van der Waals surface area contributed by atoms with E-state index < -0.39 is 0 Å². The number of thioether (sulfide) groups is 1. The molecule has 1 aromatic heterocycles. The van der Waals surface area contributed by atoms with Crippen LogP contribution in [-0.2, 0) is 6.61 Å². The lowest BCUT2D eigenvalue weighted by molar-refractivity contribution is 0.284. The molecule has 0 spiro atoms. The maximum absolute atomic E-state index is 9.08. The molecule has 1 N–H and O–H groups in total. The van der Waals surface area contributed by atoms with Gasteiger partial charge in [0.05, 0.1) is 17.2 Å². The van der Waals surface area contributed by atoms with Gasteiger partial charge >= 0.3 is 0 Å². The Morgan fingerprint density at radius 2 is 2.14 bits per heavy atom. The van der Waals surface area contributed by atoms with Gasteiger partial charge in [-0.25, -0.2) is 4.98 Å². The monoisotopic (exact) mass is 230 g/mol. The van der Waals surface area contributed by atoms with Crippen LogP contribution in [0, 0.1) is 6.92 Å². The first-order valence-electron chi connectivity index (χ1n) is 4.71. The van der Waals surface area contributed by atoms with E-state index in [1.54, 1.807) is 11.3 Å². The molecule has 0 radical (unpaired) electrons. The van der Waals surface area contributed by atoms with Gasteiger partial charge in [-0.3, -0.25) is 0 Å². The molecule has 1 aromatic rings. The molecule has 1 fully saturated rings. The Hall–Kier alpha value is -0.260. The Morgan fingerprint density at radius 3 is 2.71 bits per heavy atom. The molecule has 78 valence electrons. The van der Waals surface area contributed by atoms with E-state index in [-0.39, 0.29) is 6.61 Å². The van der Waals surface area contributed by atoms with E-state index >= 15 is 0 Å². The van der Waals surface area contributed by atoms with Gasteiger partial charge in [0.15, 0.2) is 5.13 Å². The van der Waals surface area contributed by atoms with Crippen LogP contribution < -0.4 is 4.90 Å². The molecule has 0 atom stereocenters. The van der Waals surface area contributed by atoms with E-state index in [1.807, 2.05) is 18.7 Å². The zero-order chi connectivity index (χ0) is 9.97. The summed E-state index contributed by atoms with van der Waals surface area (Å²) in [6.07, 6.45) is 0. The summed E-state index contributed by atoms with van der Waals surface area (Å²) in [5.74, 6) is 2.38. The minimum atomic E-state index is 0.117. The zero-order valence-electron chi connectivity index (χ0n) is 8.19. The quantitative estimate of drug-likeness (QED) is 0.835. The standard InChI is InChI=1S/C9H14N2OS2/c1-7-8(6-12)14-9(10-7)11-2-4-13-5-3-11/h12H,2-6H2,1H3. The summed E-state index contributed by atoms with van der Waals surface area (Å²) in [4.78, 5) is 7.79. The van der Waals surface area contributed by atoms with Crippen LogP contribution in [0.15, 0.2) is 0 Å². The molecule has 3 nitrogen and oxygen atoms in total. The maximum atomic E-state index is 9.08. The van der Waals surface area contributed by atoms with Crippen molar-refractivity contribution in [3.63, 3.8) is 0 Å². The molecule has 1 saturated heterocycles. The summed E-state index contributed by atoms with van der Waals surface area (Å²) in [7, 11) is 0. The first-order valence-corrected chi connectivity index (χ1v) is 6.68. The second-order valence-electron chi connectivity index (χ2n) is 3.26. The topological polar surface area (TPSA) is 36.4 Å². The second-order valence-corrected chi connectivity index (χ2v) is 5.55. The lowest BCUT2D eigenvalue weighted by Crippen LogP contribution is -2.32. The molecule has 14 heavy (non-hydrogen) atoms. The summed E-state index contributed by atoms with van der Waals surface area (Å²) in [5, 5.41) is 10.2. The van der Waals surface area contributed by atoms with Crippen molar-refractivity contribution >= 4 is 28.2 Å². The zero-order valence-corrected chi connectivity index (χ0v) is 9.83. The number of anilines is 1. The van der Waals surface area contributed by atoms with Crippen LogP contribution in [-0.4, -0.2) is 34.7 Å². The van der Waals surface area contributed by atoms with Crippen molar-refractivity contribution in [2.75, 3.05) is 29.5 Å². The van der Waals surface area contributed by atoms with Gasteiger partial charge in [-0.2, -0.15) is 11.8 Å². The van der Waals surface area contributed by atoms with Gasteiger partial charge in [-0.1, -0.05) is 11.3 Å². The molecule has 0 aromatic carbocycles. The van der Waals surface area contributed by atoms with Gasteiger partial charge in [0.1, 0.15) is 0 Å². The molecule has 0 aliphatic carbocycles. The van der Waals surface area contributed by atoms with Gasteiger partial charge in [0, 0.05) is 24.6 Å². The summed E-state index contributed by atoms with van der Waals surface area (Å²) >= 11 is 3.62. The molecule has 0 bridgehead atoms. The summed E-state index contributed by atoms with van der Waals surface area (Å²) in [6, 6.07) is 0. The van der Waals surface area contributed by atoms with E-state index in [0.717, 1.165) is 28.8 Å². The number of aryl methyl sites for hydroxylation is 1. The molecule has 0 unspecified atom stereocenters. The van der Waals surface area contributed by atoms with Crippen molar-refractivity contribution < 1.29 is 5.11 Å². The largest absolute Gasteiger partial charge is 0.391 e. The lowest BCUT2D eigenvalue weighted by Gasteiger charge is -2.25. The SMILES string of the molecule is Cc1nc(N2CCSCC2)sc1CO. The minimum absolute atomic E-state index is 0.117. The van der Waals surface area contributed by atoms with Crippen LogP contribution in [0.1, 0.15) is 10.6 Å². The Kier molecular flexibility index (Phi) is 3.30. The van der Waals surface area contributed by atoms with Crippen molar-refractivity contribution in [1.29, 1.82) is 0 Å². The third kappa shape index (κ3) is 2.04. The minimum Gasteiger partial charge on any atom is -0.391 e. The fourth-order valence-electron chi connectivity index (χ4n) is 1.45. The van der Waals surface area contributed by atoms with Crippen molar-refractivity contribution in [3.05, 3.63) is 10.6 Å². The smallest absolute Gasteiger partial charge is 0.185 e. The number of hydrogen-bond donors (Lipinski definition) is 1. The van der Waals surface area contributed by atoms with Crippen LogP contribution in [0.4, 0.5) is 5.13 Å². The highest BCUT2D eigenvalue weighted by Crippen LogP contribution is 2.27. The highest BCUT2D eigenvalue weighted by Gasteiger charge is 2.16. The van der Waals surface area contributed by atoms with Crippen molar-refractivity contribution in [2.24, 2.45) is 0 Å². The van der Waals surface area contributed by atoms with Crippen LogP contribution in [0.25, 0.3) is 0 Å². The Bertz CT molecular complexity index is 308. The fourth-order valence-corrected chi connectivity index (χ4v) is 3.32. The van der Waals surface area contributed by atoms with Gasteiger partial charge in [-0.15, -0.1) is 0 Å². The fraction of sp³-hybridized carbons (Fsp3) is 0.667. The van der Waals surface area contributed by atoms with Gasteiger partial charge in [0.25, 0.3) is 0 Å². The van der Waals surface area contributed by atoms with Gasteiger partial charge in [0.2, 0.25) is 0 Å². The number of thiazole rings is 1. The summed E-state index contributed by atoms with van der Waals surface area (Å²) < 4.78 is 0. The lowest BCUT2D eigenvalue weighted by atomic mass is 10.4. The van der Waals surface area contributed by atoms with Crippen LogP contribution in [0.5, 0.6) is 0 Å². The normalized spacial score (nSPS) is 17.4. The molecule has 0 saturated carbocycles. The molecular weight excluding hydrogens is 216 g/mol.